The molecule has 3 N–H and O–H groups in total. The summed E-state index contributed by atoms with van der Waals surface area (Å²) >= 11 is 0. The van der Waals surface area contributed by atoms with Crippen LogP contribution in [0.3, 0.4) is 0 Å². The largest absolute Gasteiger partial charge is 0.384 e. The Morgan fingerprint density at radius 3 is 2.81 bits per heavy atom. The van der Waals surface area contributed by atoms with Gasteiger partial charge in [-0.15, -0.1) is 0 Å². The van der Waals surface area contributed by atoms with Gasteiger partial charge in [-0.05, 0) is 37.5 Å². The second kappa shape index (κ2) is 6.91. The summed E-state index contributed by atoms with van der Waals surface area (Å²) < 4.78 is 0. The molecule has 0 radical (unpaired) electrons. The van der Waals surface area contributed by atoms with Gasteiger partial charge >= 0.3 is 0 Å². The average Bonchev–Trinajstić information content (AvgIpc) is 3.27. The monoisotopic (exact) mass is 286 g/mol. The molecule has 110 valence electrons. The van der Waals surface area contributed by atoms with Crippen molar-refractivity contribution in [3.8, 4) is 11.8 Å². The molecule has 1 aliphatic carbocycles. The molecule has 2 amide bonds. The second-order valence-electron chi connectivity index (χ2n) is 4.96. The molecule has 1 aliphatic rings. The van der Waals surface area contributed by atoms with E-state index in [1.54, 1.807) is 25.1 Å². The first-order valence-electron chi connectivity index (χ1n) is 6.88. The van der Waals surface area contributed by atoms with Crippen molar-refractivity contribution in [2.75, 3.05) is 13.2 Å². The van der Waals surface area contributed by atoms with Crippen LogP contribution in [0.1, 0.15) is 34.3 Å². The fourth-order valence-corrected chi connectivity index (χ4v) is 1.91. The highest BCUT2D eigenvalue weighted by Gasteiger charge is 2.23. The van der Waals surface area contributed by atoms with Crippen LogP contribution in [0.25, 0.3) is 0 Å². The molecule has 0 atom stereocenters. The summed E-state index contributed by atoms with van der Waals surface area (Å²) in [5.74, 6) is 4.89. The fraction of sp³-hybridized carbons (Fsp3) is 0.375. The number of hydrogen-bond acceptors (Lipinski definition) is 3. The van der Waals surface area contributed by atoms with Gasteiger partial charge in [0.05, 0.1) is 6.54 Å². The summed E-state index contributed by atoms with van der Waals surface area (Å²) in [6.07, 6.45) is 2.04. The average molecular weight is 286 g/mol. The van der Waals surface area contributed by atoms with Crippen molar-refractivity contribution in [2.24, 2.45) is 0 Å². The molecule has 0 saturated heterocycles. The van der Waals surface area contributed by atoms with Crippen LogP contribution >= 0.6 is 0 Å². The Morgan fingerprint density at radius 2 is 2.14 bits per heavy atom. The third kappa shape index (κ3) is 4.33. The zero-order valence-corrected chi connectivity index (χ0v) is 11.9. The minimum atomic E-state index is -0.300. The highest BCUT2D eigenvalue weighted by atomic mass is 16.2. The summed E-state index contributed by atoms with van der Waals surface area (Å²) in [4.78, 5) is 23.7. The van der Waals surface area contributed by atoms with Crippen LogP contribution < -0.4 is 10.6 Å². The minimum absolute atomic E-state index is 0.0265. The van der Waals surface area contributed by atoms with Crippen LogP contribution in [-0.2, 0) is 4.79 Å². The van der Waals surface area contributed by atoms with Gasteiger partial charge in [0.2, 0.25) is 5.91 Å². The van der Waals surface area contributed by atoms with Gasteiger partial charge in [-0.25, -0.2) is 0 Å². The Kier molecular flexibility index (Phi) is 4.96. The van der Waals surface area contributed by atoms with E-state index >= 15 is 0 Å². The lowest BCUT2D eigenvalue weighted by Gasteiger charge is -2.09. The summed E-state index contributed by atoms with van der Waals surface area (Å²) in [7, 11) is 0. The Balaban J connectivity index is 1.99. The molecule has 5 heteroatoms. The number of aliphatic hydroxyl groups excluding tert-OH is 1. The van der Waals surface area contributed by atoms with Crippen LogP contribution in [-0.4, -0.2) is 36.1 Å². The molecule has 0 aliphatic heterocycles. The van der Waals surface area contributed by atoms with Crippen molar-refractivity contribution in [3.63, 3.8) is 0 Å². The molecule has 0 heterocycles. The van der Waals surface area contributed by atoms with E-state index in [4.69, 9.17) is 5.11 Å². The number of amides is 2. The van der Waals surface area contributed by atoms with Crippen LogP contribution in [0.4, 0.5) is 0 Å². The topological polar surface area (TPSA) is 78.4 Å². The Bertz CT molecular complexity index is 610. The molecule has 1 aromatic carbocycles. The normalized spacial score (nSPS) is 13.0. The van der Waals surface area contributed by atoms with Gasteiger partial charge in [0.1, 0.15) is 6.61 Å². The van der Waals surface area contributed by atoms with Crippen LogP contribution in [0.5, 0.6) is 0 Å². The van der Waals surface area contributed by atoms with Gasteiger partial charge in [0.25, 0.3) is 5.91 Å². The molecule has 0 bridgehead atoms. The van der Waals surface area contributed by atoms with Gasteiger partial charge in [-0.1, -0.05) is 17.9 Å². The molecular formula is C16H18N2O3. The van der Waals surface area contributed by atoms with E-state index in [-0.39, 0.29) is 31.0 Å². The van der Waals surface area contributed by atoms with Crippen LogP contribution in [0, 0.1) is 18.8 Å². The number of rotatable bonds is 4. The SMILES string of the molecule is Cc1c(C#CCO)cccc1C(=O)NCC(=O)NC1CC1. The Labute approximate surface area is 123 Å². The van der Waals surface area contributed by atoms with Gasteiger partial charge in [-0.3, -0.25) is 9.59 Å². The van der Waals surface area contributed by atoms with Crippen molar-refractivity contribution in [3.05, 3.63) is 34.9 Å². The second-order valence-corrected chi connectivity index (χ2v) is 4.96. The lowest BCUT2D eigenvalue weighted by Crippen LogP contribution is -2.38. The van der Waals surface area contributed by atoms with Crippen molar-refractivity contribution in [1.29, 1.82) is 0 Å². The van der Waals surface area contributed by atoms with Crippen molar-refractivity contribution in [2.45, 2.75) is 25.8 Å². The molecule has 21 heavy (non-hydrogen) atoms. The maximum absolute atomic E-state index is 12.1. The highest BCUT2D eigenvalue weighted by molar-refractivity contribution is 5.98. The first kappa shape index (κ1) is 15.1. The summed E-state index contributed by atoms with van der Waals surface area (Å²) in [5.41, 5.74) is 1.91. The standard InChI is InChI=1S/C16H18N2O3/c1-11-12(5-3-9-19)4-2-6-14(11)16(21)17-10-15(20)18-13-7-8-13/h2,4,6,13,19H,7-10H2,1H3,(H,17,21)(H,18,20). The first-order chi connectivity index (χ1) is 10.1. The summed E-state index contributed by atoms with van der Waals surface area (Å²) in [6, 6.07) is 5.49. The molecular weight excluding hydrogens is 268 g/mol. The summed E-state index contributed by atoms with van der Waals surface area (Å²) in [6.45, 7) is 1.54. The number of carbonyl (C=O) groups is 2. The van der Waals surface area contributed by atoms with Gasteiger partial charge in [0.15, 0.2) is 0 Å². The quantitative estimate of drug-likeness (QED) is 0.699. The fourth-order valence-electron chi connectivity index (χ4n) is 1.91. The smallest absolute Gasteiger partial charge is 0.252 e. The van der Waals surface area contributed by atoms with E-state index < -0.39 is 0 Å². The number of nitrogens with one attached hydrogen (secondary N) is 2. The van der Waals surface area contributed by atoms with Gasteiger partial charge < -0.3 is 15.7 Å². The van der Waals surface area contributed by atoms with Crippen LogP contribution in [0.2, 0.25) is 0 Å². The van der Waals surface area contributed by atoms with E-state index in [9.17, 15) is 9.59 Å². The lowest BCUT2D eigenvalue weighted by atomic mass is 10.0. The van der Waals surface area contributed by atoms with Crippen molar-refractivity contribution >= 4 is 11.8 Å². The summed E-state index contributed by atoms with van der Waals surface area (Å²) in [5, 5.41) is 14.1. The number of benzene rings is 1. The zero-order chi connectivity index (χ0) is 15.2. The molecule has 1 saturated carbocycles. The van der Waals surface area contributed by atoms with Crippen molar-refractivity contribution in [1.82, 2.24) is 10.6 Å². The minimum Gasteiger partial charge on any atom is -0.384 e. The Hall–Kier alpha value is -2.32. The molecule has 0 unspecified atom stereocenters. The predicted molar refractivity (Wildman–Crippen MR) is 78.6 cm³/mol. The maximum atomic E-state index is 12.1. The molecule has 1 aromatic rings. The first-order valence-corrected chi connectivity index (χ1v) is 6.88. The molecule has 1 fully saturated rings. The van der Waals surface area contributed by atoms with Crippen LogP contribution in [0.15, 0.2) is 18.2 Å². The van der Waals surface area contributed by atoms with Gasteiger partial charge in [0, 0.05) is 17.2 Å². The lowest BCUT2D eigenvalue weighted by molar-refractivity contribution is -0.120. The van der Waals surface area contributed by atoms with Gasteiger partial charge in [-0.2, -0.15) is 0 Å². The third-order valence-corrected chi connectivity index (χ3v) is 3.23. The van der Waals surface area contributed by atoms with E-state index in [0.717, 1.165) is 18.4 Å². The number of hydrogen-bond donors (Lipinski definition) is 3. The van der Waals surface area contributed by atoms with Crippen molar-refractivity contribution < 1.29 is 14.7 Å². The Morgan fingerprint density at radius 1 is 1.38 bits per heavy atom. The van der Waals surface area contributed by atoms with E-state index in [1.165, 1.54) is 0 Å². The van der Waals surface area contributed by atoms with E-state index in [0.29, 0.717) is 11.1 Å². The zero-order valence-electron chi connectivity index (χ0n) is 11.9. The molecule has 5 nitrogen and oxygen atoms in total. The number of carbonyl (C=O) groups excluding carboxylic acids is 2. The highest BCUT2D eigenvalue weighted by Crippen LogP contribution is 2.18. The molecule has 0 spiro atoms. The van der Waals surface area contributed by atoms with E-state index in [1.807, 2.05) is 0 Å². The predicted octanol–water partition coefficient (Wildman–Crippen LogP) is 0.347. The van der Waals surface area contributed by atoms with E-state index in [2.05, 4.69) is 22.5 Å². The number of aliphatic hydroxyl groups is 1. The molecule has 0 aromatic heterocycles. The molecule has 2 rings (SSSR count). The third-order valence-electron chi connectivity index (χ3n) is 3.23. The maximum Gasteiger partial charge on any atom is 0.252 e.